The van der Waals surface area contributed by atoms with Crippen LogP contribution in [0.15, 0.2) is 54.6 Å². The summed E-state index contributed by atoms with van der Waals surface area (Å²) in [5.74, 6) is 1.04. The number of ether oxygens (including phenoxy) is 1. The maximum Gasteiger partial charge on any atom is 0.0731 e. The van der Waals surface area contributed by atoms with Crippen LogP contribution in [0.1, 0.15) is 73.4 Å². The molecule has 4 heteroatoms. The molecule has 0 spiro atoms. The van der Waals surface area contributed by atoms with Crippen molar-refractivity contribution in [3.63, 3.8) is 0 Å². The monoisotopic (exact) mass is 511 g/mol. The first kappa shape index (κ1) is 26.9. The highest BCUT2D eigenvalue weighted by molar-refractivity contribution is 5.73. The Morgan fingerprint density at radius 1 is 0.947 bits per heavy atom. The summed E-state index contributed by atoms with van der Waals surface area (Å²) in [6, 6.07) is 20.2. The smallest absolute Gasteiger partial charge is 0.0731 e. The van der Waals surface area contributed by atoms with E-state index in [2.05, 4.69) is 80.3 Å². The van der Waals surface area contributed by atoms with Gasteiger partial charge in [0, 0.05) is 42.0 Å². The summed E-state index contributed by atoms with van der Waals surface area (Å²) in [6.45, 7) is 10.0. The van der Waals surface area contributed by atoms with Gasteiger partial charge in [-0.3, -0.25) is 4.98 Å². The number of pyridine rings is 1. The second-order valence-electron chi connectivity index (χ2n) is 11.2. The lowest BCUT2D eigenvalue weighted by Gasteiger charge is -2.34. The predicted octanol–water partition coefficient (Wildman–Crippen LogP) is 6.86. The highest BCUT2D eigenvalue weighted by Gasteiger charge is 2.32. The predicted molar refractivity (Wildman–Crippen MR) is 159 cm³/mol. The van der Waals surface area contributed by atoms with E-state index in [1.165, 1.54) is 59.2 Å². The second-order valence-corrected chi connectivity index (χ2v) is 11.2. The third-order valence-corrected chi connectivity index (χ3v) is 8.91. The largest absolute Gasteiger partial charge is 0.378 e. The van der Waals surface area contributed by atoms with Crippen molar-refractivity contribution in [1.29, 1.82) is 0 Å². The van der Waals surface area contributed by atoms with Crippen LogP contribution in [-0.2, 0) is 24.0 Å². The first-order valence-corrected chi connectivity index (χ1v) is 14.9. The minimum Gasteiger partial charge on any atom is -0.378 e. The first-order chi connectivity index (χ1) is 18.6. The van der Waals surface area contributed by atoms with Gasteiger partial charge < -0.3 is 15.4 Å². The van der Waals surface area contributed by atoms with Gasteiger partial charge >= 0.3 is 0 Å². The Morgan fingerprint density at radius 2 is 1.61 bits per heavy atom. The molecule has 3 aromatic rings. The molecule has 2 aromatic carbocycles. The summed E-state index contributed by atoms with van der Waals surface area (Å²) in [4.78, 5) is 7.80. The zero-order chi connectivity index (χ0) is 26.5. The fourth-order valence-corrected chi connectivity index (χ4v) is 6.94. The number of hydrogen-bond donors (Lipinski definition) is 1. The highest BCUT2D eigenvalue weighted by atomic mass is 16.5. The first-order valence-electron chi connectivity index (χ1n) is 14.9. The van der Waals surface area contributed by atoms with Gasteiger partial charge in [-0.1, -0.05) is 75.2 Å². The van der Waals surface area contributed by atoms with Gasteiger partial charge in [0.15, 0.2) is 0 Å². The van der Waals surface area contributed by atoms with Crippen LogP contribution in [0.5, 0.6) is 0 Å². The Labute approximate surface area is 229 Å². The lowest BCUT2D eigenvalue weighted by atomic mass is 9.77. The van der Waals surface area contributed by atoms with E-state index in [-0.39, 0.29) is 6.04 Å². The number of benzene rings is 2. The maximum atomic E-state index is 7.20. The molecular formula is C34H45N3O. The molecular weight excluding hydrogens is 466 g/mol. The summed E-state index contributed by atoms with van der Waals surface area (Å²) >= 11 is 0. The fourth-order valence-electron chi connectivity index (χ4n) is 6.94. The molecule has 2 N–H and O–H groups in total. The van der Waals surface area contributed by atoms with Crippen molar-refractivity contribution in [3.8, 4) is 11.3 Å². The average molecular weight is 512 g/mol. The SMILES string of the molecule is CCc1cccc(CC)c1-c1cc(N2CCOCC2)c(CC(N)C(c2ccccc2)C2CCCC2)c(C)n1. The molecule has 2 unspecified atom stereocenters. The molecule has 202 valence electrons. The zero-order valence-corrected chi connectivity index (χ0v) is 23.6. The molecule has 1 saturated carbocycles. The molecule has 2 atom stereocenters. The molecule has 0 amide bonds. The summed E-state index contributed by atoms with van der Waals surface area (Å²) in [6.07, 6.45) is 8.07. The molecule has 1 aromatic heterocycles. The van der Waals surface area contributed by atoms with E-state index < -0.39 is 0 Å². The molecule has 0 radical (unpaired) electrons. The standard InChI is InChI=1S/C34H45N3O/c1-4-25-16-11-17-26(5-2)34(25)31-23-32(37-18-20-38-21-19-37)29(24(3)36-31)22-30(35)33(28-14-9-10-15-28)27-12-7-6-8-13-27/h6-8,11-13,16-17,23,28,30,33H,4-5,9-10,14-15,18-22,35H2,1-3H3. The van der Waals surface area contributed by atoms with E-state index in [0.29, 0.717) is 11.8 Å². The van der Waals surface area contributed by atoms with Crippen molar-refractivity contribution in [2.45, 2.75) is 77.7 Å². The number of morpholine rings is 1. The van der Waals surface area contributed by atoms with Gasteiger partial charge in [0.25, 0.3) is 0 Å². The summed E-state index contributed by atoms with van der Waals surface area (Å²) < 4.78 is 5.74. The number of aromatic nitrogens is 1. The molecule has 1 saturated heterocycles. The van der Waals surface area contributed by atoms with E-state index in [9.17, 15) is 0 Å². The Kier molecular flexibility index (Phi) is 8.81. The molecule has 2 aliphatic rings. The number of hydrogen-bond acceptors (Lipinski definition) is 4. The summed E-state index contributed by atoms with van der Waals surface area (Å²) in [5.41, 5.74) is 17.5. The van der Waals surface area contributed by atoms with E-state index in [0.717, 1.165) is 57.0 Å². The van der Waals surface area contributed by atoms with Crippen LogP contribution in [0.4, 0.5) is 5.69 Å². The zero-order valence-electron chi connectivity index (χ0n) is 23.6. The minimum atomic E-state index is 0.0563. The van der Waals surface area contributed by atoms with Crippen LogP contribution in [0.2, 0.25) is 0 Å². The lowest BCUT2D eigenvalue weighted by Crippen LogP contribution is -2.39. The molecule has 38 heavy (non-hydrogen) atoms. The quantitative estimate of drug-likeness (QED) is 0.341. The van der Waals surface area contributed by atoms with Gasteiger partial charge in [-0.05, 0) is 73.3 Å². The minimum absolute atomic E-state index is 0.0563. The van der Waals surface area contributed by atoms with Crippen molar-refractivity contribution in [3.05, 3.63) is 82.5 Å². The Hall–Kier alpha value is -2.69. The van der Waals surface area contributed by atoms with Crippen LogP contribution < -0.4 is 10.6 Å². The molecule has 2 fully saturated rings. The van der Waals surface area contributed by atoms with E-state index in [1.807, 2.05) is 0 Å². The van der Waals surface area contributed by atoms with Crippen molar-refractivity contribution < 1.29 is 4.74 Å². The number of rotatable bonds is 9. The maximum absolute atomic E-state index is 7.20. The average Bonchev–Trinajstić information content (AvgIpc) is 3.49. The van der Waals surface area contributed by atoms with Crippen LogP contribution in [0.25, 0.3) is 11.3 Å². The van der Waals surface area contributed by atoms with Gasteiger partial charge in [0.05, 0.1) is 18.9 Å². The molecule has 1 aliphatic heterocycles. The molecule has 5 rings (SSSR count). The summed E-state index contributed by atoms with van der Waals surface area (Å²) in [7, 11) is 0. The number of nitrogens with zero attached hydrogens (tertiary/aromatic N) is 2. The highest BCUT2D eigenvalue weighted by Crippen LogP contribution is 2.41. The number of anilines is 1. The van der Waals surface area contributed by atoms with Gasteiger partial charge in [-0.25, -0.2) is 0 Å². The Balaban J connectivity index is 1.57. The van der Waals surface area contributed by atoms with Crippen molar-refractivity contribution in [2.24, 2.45) is 11.7 Å². The lowest BCUT2D eigenvalue weighted by molar-refractivity contribution is 0.122. The van der Waals surface area contributed by atoms with Crippen LogP contribution in [0.3, 0.4) is 0 Å². The molecule has 1 aliphatic carbocycles. The number of nitrogens with two attached hydrogens (primary N) is 1. The summed E-state index contributed by atoms with van der Waals surface area (Å²) in [5, 5.41) is 0. The topological polar surface area (TPSA) is 51.4 Å². The van der Waals surface area contributed by atoms with E-state index >= 15 is 0 Å². The molecule has 2 heterocycles. The fraction of sp³-hybridized carbons (Fsp3) is 0.500. The van der Waals surface area contributed by atoms with Gasteiger partial charge in [0.2, 0.25) is 0 Å². The van der Waals surface area contributed by atoms with Crippen molar-refractivity contribution >= 4 is 5.69 Å². The van der Waals surface area contributed by atoms with Gasteiger partial charge in [-0.2, -0.15) is 0 Å². The Morgan fingerprint density at radius 3 is 2.24 bits per heavy atom. The van der Waals surface area contributed by atoms with Crippen LogP contribution >= 0.6 is 0 Å². The van der Waals surface area contributed by atoms with Gasteiger partial charge in [-0.15, -0.1) is 0 Å². The third kappa shape index (κ3) is 5.67. The van der Waals surface area contributed by atoms with E-state index in [4.69, 9.17) is 15.5 Å². The second kappa shape index (κ2) is 12.4. The molecule has 4 nitrogen and oxygen atoms in total. The van der Waals surface area contributed by atoms with Crippen LogP contribution in [0, 0.1) is 12.8 Å². The normalized spacial score (nSPS) is 18.1. The van der Waals surface area contributed by atoms with Crippen molar-refractivity contribution in [2.75, 3.05) is 31.2 Å². The van der Waals surface area contributed by atoms with Crippen LogP contribution in [-0.4, -0.2) is 37.3 Å². The Bertz CT molecular complexity index is 1170. The number of aryl methyl sites for hydroxylation is 3. The van der Waals surface area contributed by atoms with E-state index in [1.54, 1.807) is 0 Å². The molecule has 0 bridgehead atoms. The third-order valence-electron chi connectivity index (χ3n) is 8.91. The van der Waals surface area contributed by atoms with Crippen molar-refractivity contribution in [1.82, 2.24) is 4.98 Å². The van der Waals surface area contributed by atoms with Gasteiger partial charge in [0.1, 0.15) is 0 Å².